The van der Waals surface area contributed by atoms with E-state index in [1.54, 1.807) is 13.8 Å². The molecule has 0 spiro atoms. The first-order valence-corrected chi connectivity index (χ1v) is 11.4. The number of aryl methyl sites for hydroxylation is 3. The zero-order chi connectivity index (χ0) is 21.6. The van der Waals surface area contributed by atoms with Crippen molar-refractivity contribution in [2.45, 2.75) is 38.6 Å². The van der Waals surface area contributed by atoms with Gasteiger partial charge < -0.3 is 9.51 Å². The summed E-state index contributed by atoms with van der Waals surface area (Å²) in [6, 6.07) is 7.44. The molecule has 1 aliphatic heterocycles. The standard InChI is InChI=1S/C21H26N4O4S/c1-13-19(17-7-5-6-8-18(17)22-13)20(26)15(3)24-9-11-25(12-10-24)30(27,28)21-14(2)23-29-16(21)4/h5-8,15,22H,9-12H2,1-4H3. The predicted octanol–water partition coefficient (Wildman–Crippen LogP) is 2.66. The van der Waals surface area contributed by atoms with Crippen LogP contribution in [0.3, 0.4) is 0 Å². The van der Waals surface area contributed by atoms with Gasteiger partial charge in [0, 0.05) is 48.3 Å². The monoisotopic (exact) mass is 430 g/mol. The Morgan fingerprint density at radius 3 is 2.43 bits per heavy atom. The van der Waals surface area contributed by atoms with E-state index in [1.165, 1.54) is 4.31 Å². The molecule has 0 amide bonds. The molecule has 3 heterocycles. The lowest BCUT2D eigenvalue weighted by molar-refractivity contribution is 0.0783. The Kier molecular flexibility index (Phi) is 5.29. The molecule has 8 nitrogen and oxygen atoms in total. The molecular formula is C21H26N4O4S. The van der Waals surface area contributed by atoms with Crippen LogP contribution in [0.15, 0.2) is 33.7 Å². The zero-order valence-corrected chi connectivity index (χ0v) is 18.4. The molecule has 160 valence electrons. The molecule has 0 radical (unpaired) electrons. The number of carbonyl (C=O) groups is 1. The second kappa shape index (κ2) is 7.64. The van der Waals surface area contributed by atoms with Gasteiger partial charge in [-0.05, 0) is 33.8 Å². The van der Waals surface area contributed by atoms with Crippen LogP contribution < -0.4 is 0 Å². The van der Waals surface area contributed by atoms with Gasteiger partial charge in [-0.3, -0.25) is 9.69 Å². The highest BCUT2D eigenvalue weighted by atomic mass is 32.2. The molecule has 4 rings (SSSR count). The normalized spacial score (nSPS) is 17.5. The lowest BCUT2D eigenvalue weighted by atomic mass is 10.0. The number of aromatic amines is 1. The summed E-state index contributed by atoms with van der Waals surface area (Å²) in [5.74, 6) is 0.347. The summed E-state index contributed by atoms with van der Waals surface area (Å²) < 4.78 is 32.5. The first kappa shape index (κ1) is 20.8. The molecule has 1 saturated heterocycles. The fraction of sp³-hybridized carbons (Fsp3) is 0.429. The van der Waals surface area contributed by atoms with Crippen molar-refractivity contribution in [3.05, 3.63) is 47.0 Å². The van der Waals surface area contributed by atoms with Gasteiger partial charge in [0.1, 0.15) is 10.6 Å². The molecule has 1 unspecified atom stereocenters. The predicted molar refractivity (Wildman–Crippen MR) is 113 cm³/mol. The molecule has 1 aromatic carbocycles. The second-order valence-electron chi connectivity index (χ2n) is 7.80. The number of hydrogen-bond acceptors (Lipinski definition) is 6. The summed E-state index contributed by atoms with van der Waals surface area (Å²) >= 11 is 0. The molecule has 30 heavy (non-hydrogen) atoms. The Morgan fingerprint density at radius 1 is 1.13 bits per heavy atom. The van der Waals surface area contributed by atoms with Crippen molar-refractivity contribution < 1.29 is 17.7 Å². The average molecular weight is 431 g/mol. The number of aromatic nitrogens is 2. The Bertz CT molecular complexity index is 1180. The molecule has 2 aromatic heterocycles. The van der Waals surface area contributed by atoms with Crippen molar-refractivity contribution in [3.63, 3.8) is 0 Å². The van der Waals surface area contributed by atoms with E-state index in [1.807, 2.05) is 43.0 Å². The fourth-order valence-corrected chi connectivity index (χ4v) is 5.99. The topological polar surface area (TPSA) is 99.5 Å². The summed E-state index contributed by atoms with van der Waals surface area (Å²) in [7, 11) is -3.67. The van der Waals surface area contributed by atoms with Gasteiger partial charge >= 0.3 is 0 Å². The number of nitrogens with zero attached hydrogens (tertiary/aromatic N) is 3. The van der Waals surface area contributed by atoms with E-state index < -0.39 is 10.0 Å². The number of carbonyl (C=O) groups excluding carboxylic acids is 1. The highest BCUT2D eigenvalue weighted by molar-refractivity contribution is 7.89. The Labute approximate surface area is 175 Å². The number of ketones is 1. The highest BCUT2D eigenvalue weighted by Crippen LogP contribution is 2.27. The number of H-pyrrole nitrogens is 1. The maximum absolute atomic E-state index is 13.3. The number of benzene rings is 1. The summed E-state index contributed by atoms with van der Waals surface area (Å²) in [4.78, 5) is 18.7. The van der Waals surface area contributed by atoms with Crippen molar-refractivity contribution >= 4 is 26.7 Å². The number of sulfonamides is 1. The minimum absolute atomic E-state index is 0.0481. The molecule has 0 aliphatic carbocycles. The van der Waals surface area contributed by atoms with Crippen LogP contribution in [0.1, 0.15) is 34.4 Å². The molecule has 0 bridgehead atoms. The van der Waals surface area contributed by atoms with E-state index in [4.69, 9.17) is 4.52 Å². The number of para-hydroxylation sites is 1. The van der Waals surface area contributed by atoms with E-state index in [9.17, 15) is 13.2 Å². The van der Waals surface area contributed by atoms with Crippen LogP contribution >= 0.6 is 0 Å². The van der Waals surface area contributed by atoms with Crippen molar-refractivity contribution in [1.29, 1.82) is 0 Å². The minimum atomic E-state index is -3.67. The van der Waals surface area contributed by atoms with E-state index in [0.717, 1.165) is 16.6 Å². The first-order valence-electron chi connectivity index (χ1n) is 10.0. The van der Waals surface area contributed by atoms with E-state index >= 15 is 0 Å². The third-order valence-corrected chi connectivity index (χ3v) is 8.05. The van der Waals surface area contributed by atoms with Gasteiger partial charge in [-0.2, -0.15) is 4.31 Å². The Hall–Kier alpha value is -2.49. The number of fused-ring (bicyclic) bond motifs is 1. The zero-order valence-electron chi connectivity index (χ0n) is 17.6. The van der Waals surface area contributed by atoms with Gasteiger partial charge in [-0.25, -0.2) is 8.42 Å². The molecule has 1 aliphatic rings. The van der Waals surface area contributed by atoms with Gasteiger partial charge in [0.25, 0.3) is 0 Å². The smallest absolute Gasteiger partial charge is 0.248 e. The summed E-state index contributed by atoms with van der Waals surface area (Å²) in [6.07, 6.45) is 0. The van der Waals surface area contributed by atoms with Crippen molar-refractivity contribution in [1.82, 2.24) is 19.3 Å². The maximum atomic E-state index is 13.3. The van der Waals surface area contributed by atoms with Crippen LogP contribution in [0.5, 0.6) is 0 Å². The lowest BCUT2D eigenvalue weighted by Crippen LogP contribution is -2.53. The van der Waals surface area contributed by atoms with Crippen molar-refractivity contribution in [3.8, 4) is 0 Å². The molecule has 1 fully saturated rings. The molecule has 9 heteroatoms. The van der Waals surface area contributed by atoms with Crippen LogP contribution in [0, 0.1) is 20.8 Å². The van der Waals surface area contributed by atoms with Crippen LogP contribution in [-0.4, -0.2) is 65.8 Å². The molecular weight excluding hydrogens is 404 g/mol. The summed E-state index contributed by atoms with van der Waals surface area (Å²) in [6.45, 7) is 8.63. The molecule has 1 N–H and O–H groups in total. The average Bonchev–Trinajstić information content (AvgIpc) is 3.25. The Balaban J connectivity index is 1.50. The van der Waals surface area contributed by atoms with Gasteiger partial charge in [0.15, 0.2) is 11.5 Å². The third kappa shape index (κ3) is 3.36. The number of hydrogen-bond donors (Lipinski definition) is 1. The number of rotatable bonds is 5. The van der Waals surface area contributed by atoms with Crippen LogP contribution in [-0.2, 0) is 10.0 Å². The van der Waals surface area contributed by atoms with Crippen molar-refractivity contribution in [2.24, 2.45) is 0 Å². The van der Waals surface area contributed by atoms with Gasteiger partial charge in [0.05, 0.1) is 6.04 Å². The summed E-state index contributed by atoms with van der Waals surface area (Å²) in [5, 5.41) is 4.69. The fourth-order valence-electron chi connectivity index (χ4n) is 4.27. The maximum Gasteiger partial charge on any atom is 0.248 e. The minimum Gasteiger partial charge on any atom is -0.360 e. The van der Waals surface area contributed by atoms with Crippen LogP contribution in [0.25, 0.3) is 10.9 Å². The van der Waals surface area contributed by atoms with Crippen molar-refractivity contribution in [2.75, 3.05) is 26.2 Å². The van der Waals surface area contributed by atoms with Crippen LogP contribution in [0.2, 0.25) is 0 Å². The molecule has 3 aromatic rings. The van der Waals surface area contributed by atoms with E-state index in [0.29, 0.717) is 43.2 Å². The number of Topliss-reactive ketones (excluding diaryl/α,β-unsaturated/α-hetero) is 1. The highest BCUT2D eigenvalue weighted by Gasteiger charge is 2.35. The largest absolute Gasteiger partial charge is 0.360 e. The Morgan fingerprint density at radius 2 is 1.80 bits per heavy atom. The van der Waals surface area contributed by atoms with E-state index in [-0.39, 0.29) is 16.7 Å². The first-order chi connectivity index (χ1) is 14.2. The van der Waals surface area contributed by atoms with Gasteiger partial charge in [0.2, 0.25) is 10.0 Å². The van der Waals surface area contributed by atoms with Crippen LogP contribution in [0.4, 0.5) is 0 Å². The SMILES string of the molecule is Cc1noc(C)c1S(=O)(=O)N1CCN(C(C)C(=O)c2c(C)[nH]c3ccccc23)CC1. The second-order valence-corrected chi connectivity index (χ2v) is 9.68. The molecule has 0 saturated carbocycles. The third-order valence-electron chi connectivity index (χ3n) is 5.91. The summed E-state index contributed by atoms with van der Waals surface area (Å²) in [5.41, 5.74) is 2.88. The molecule has 1 atom stereocenters. The number of nitrogens with one attached hydrogen (secondary N) is 1. The van der Waals surface area contributed by atoms with Gasteiger partial charge in [-0.1, -0.05) is 23.4 Å². The van der Waals surface area contributed by atoms with Gasteiger partial charge in [-0.15, -0.1) is 0 Å². The number of piperazine rings is 1. The lowest BCUT2D eigenvalue weighted by Gasteiger charge is -2.36. The van der Waals surface area contributed by atoms with E-state index in [2.05, 4.69) is 10.1 Å². The quantitative estimate of drug-likeness (QED) is 0.625.